The third kappa shape index (κ3) is 9.34. The van der Waals surface area contributed by atoms with Gasteiger partial charge in [0.05, 0.1) is 0 Å². The fraction of sp³-hybridized carbons (Fsp3) is 0.304. The van der Waals surface area contributed by atoms with Crippen LogP contribution in [0.25, 0.3) is 11.1 Å². The van der Waals surface area contributed by atoms with Gasteiger partial charge in [0.1, 0.15) is 18.6 Å². The summed E-state index contributed by atoms with van der Waals surface area (Å²) < 4.78 is 0. The number of carbonyl (C=O) groups excluding carboxylic acids is 2. The average molecular weight is 474 g/mol. The van der Waals surface area contributed by atoms with E-state index in [9.17, 15) is 19.2 Å². The van der Waals surface area contributed by atoms with Crippen LogP contribution in [0.1, 0.15) is 18.4 Å². The van der Waals surface area contributed by atoms with Crippen molar-refractivity contribution in [3.63, 3.8) is 0 Å². The molecule has 0 unspecified atom stereocenters. The molecule has 0 saturated heterocycles. The Bertz CT molecular complexity index is 952. The number of nitrogens with one attached hydrogen (secondary N) is 2. The molecule has 2 amide bonds. The van der Waals surface area contributed by atoms with Crippen molar-refractivity contribution >= 4 is 35.5 Å². The number of carboxylic acids is 2. The molecule has 9 nitrogen and oxygen atoms in total. The minimum Gasteiger partial charge on any atom is -0.480 e. The maximum atomic E-state index is 12.4. The summed E-state index contributed by atoms with van der Waals surface area (Å²) in [6, 6.07) is 15.8. The summed E-state index contributed by atoms with van der Waals surface area (Å²) in [5.74, 6) is -2.78. The highest BCUT2D eigenvalue weighted by Gasteiger charge is 2.22. The molecule has 0 aliphatic heterocycles. The fourth-order valence-corrected chi connectivity index (χ4v) is 3.88. The number of aliphatic carboxylic acids is 2. The highest BCUT2D eigenvalue weighted by molar-refractivity contribution is 7.98. The molecule has 0 aromatic heterocycles. The number of nitrogens with two attached hydrogens (primary N) is 1. The van der Waals surface area contributed by atoms with Crippen LogP contribution >= 0.6 is 11.8 Å². The van der Waals surface area contributed by atoms with Crippen LogP contribution < -0.4 is 16.4 Å². The van der Waals surface area contributed by atoms with Gasteiger partial charge in [-0.05, 0) is 23.1 Å². The maximum absolute atomic E-state index is 12.4. The Hall–Kier alpha value is -3.37. The number of carbonyl (C=O) groups is 4. The molecule has 0 saturated carbocycles. The van der Waals surface area contributed by atoms with Crippen LogP contribution in [0.2, 0.25) is 0 Å². The Morgan fingerprint density at radius 3 is 2.18 bits per heavy atom. The molecule has 0 aliphatic rings. The SMILES string of the molecule is N[C@@H](CCC(=O)N[C@@H](CSCc1ccc(-c2ccccc2)cc1)C(=O)NCC(=O)O)C(=O)O. The van der Waals surface area contributed by atoms with E-state index in [1.165, 1.54) is 11.8 Å². The standard InChI is InChI=1S/C23H27N3O6S/c24-18(23(31)32)10-11-20(27)26-19(22(30)25-12-21(28)29)14-33-13-15-6-8-17(9-7-15)16-4-2-1-3-5-16/h1-9,18-19H,10-14,24H2,(H,25,30)(H,26,27)(H,28,29)(H,31,32)/t18-,19-/m0/s1. The Morgan fingerprint density at radius 2 is 1.58 bits per heavy atom. The summed E-state index contributed by atoms with van der Waals surface area (Å²) in [5.41, 5.74) is 8.62. The van der Waals surface area contributed by atoms with Gasteiger partial charge in [-0.2, -0.15) is 11.8 Å². The van der Waals surface area contributed by atoms with Crippen molar-refractivity contribution in [1.82, 2.24) is 10.6 Å². The van der Waals surface area contributed by atoms with Crippen molar-refractivity contribution < 1.29 is 29.4 Å². The molecule has 2 rings (SSSR count). The van der Waals surface area contributed by atoms with Crippen molar-refractivity contribution in [3.05, 3.63) is 60.2 Å². The quantitative estimate of drug-likeness (QED) is 0.292. The van der Waals surface area contributed by atoms with Gasteiger partial charge in [-0.3, -0.25) is 19.2 Å². The van der Waals surface area contributed by atoms with Crippen LogP contribution in [0, 0.1) is 0 Å². The number of amides is 2. The van der Waals surface area contributed by atoms with E-state index in [0.29, 0.717) is 5.75 Å². The van der Waals surface area contributed by atoms with E-state index in [-0.39, 0.29) is 18.6 Å². The predicted octanol–water partition coefficient (Wildman–Crippen LogP) is 1.46. The lowest BCUT2D eigenvalue weighted by Gasteiger charge is -2.18. The van der Waals surface area contributed by atoms with Gasteiger partial charge < -0.3 is 26.6 Å². The van der Waals surface area contributed by atoms with E-state index >= 15 is 0 Å². The average Bonchev–Trinajstić information content (AvgIpc) is 2.81. The fourth-order valence-electron chi connectivity index (χ4n) is 2.86. The predicted molar refractivity (Wildman–Crippen MR) is 125 cm³/mol. The van der Waals surface area contributed by atoms with Gasteiger partial charge in [0.25, 0.3) is 0 Å². The molecule has 0 radical (unpaired) electrons. The Balaban J connectivity index is 1.92. The Kier molecular flexibility index (Phi) is 10.4. The number of benzene rings is 2. The maximum Gasteiger partial charge on any atom is 0.322 e. The molecule has 6 N–H and O–H groups in total. The largest absolute Gasteiger partial charge is 0.480 e. The van der Waals surface area contributed by atoms with E-state index in [1.807, 2.05) is 54.6 Å². The molecule has 2 aromatic carbocycles. The first kappa shape index (κ1) is 25.9. The van der Waals surface area contributed by atoms with Crippen LogP contribution in [0.3, 0.4) is 0 Å². The second-order valence-electron chi connectivity index (χ2n) is 7.29. The van der Waals surface area contributed by atoms with Crippen molar-refractivity contribution in [1.29, 1.82) is 0 Å². The molecular formula is C23H27N3O6S. The normalized spacial score (nSPS) is 12.4. The number of carboxylic acid groups (broad SMARTS) is 2. The molecule has 2 atom stereocenters. The number of thioether (sulfide) groups is 1. The highest BCUT2D eigenvalue weighted by Crippen LogP contribution is 2.21. The minimum atomic E-state index is -1.22. The lowest BCUT2D eigenvalue weighted by atomic mass is 10.0. The van der Waals surface area contributed by atoms with E-state index in [4.69, 9.17) is 15.9 Å². The molecular weight excluding hydrogens is 446 g/mol. The monoisotopic (exact) mass is 473 g/mol. The van der Waals surface area contributed by atoms with Gasteiger partial charge in [0.15, 0.2) is 0 Å². The molecule has 0 aliphatic carbocycles. The molecule has 0 heterocycles. The number of rotatable bonds is 13. The Labute approximate surface area is 195 Å². The second kappa shape index (κ2) is 13.2. The first-order valence-corrected chi connectivity index (χ1v) is 11.4. The van der Waals surface area contributed by atoms with Crippen LogP contribution in [0.4, 0.5) is 0 Å². The Morgan fingerprint density at radius 1 is 0.939 bits per heavy atom. The van der Waals surface area contributed by atoms with E-state index < -0.39 is 42.4 Å². The summed E-state index contributed by atoms with van der Waals surface area (Å²) in [6.45, 7) is -0.569. The van der Waals surface area contributed by atoms with E-state index in [2.05, 4.69) is 10.6 Å². The lowest BCUT2D eigenvalue weighted by molar-refractivity contribution is -0.139. The molecule has 2 aromatic rings. The van der Waals surface area contributed by atoms with Gasteiger partial charge in [-0.1, -0.05) is 54.6 Å². The van der Waals surface area contributed by atoms with Gasteiger partial charge in [0.2, 0.25) is 11.8 Å². The molecule has 0 fully saturated rings. The molecule has 176 valence electrons. The van der Waals surface area contributed by atoms with Gasteiger partial charge in [-0.25, -0.2) is 0 Å². The van der Waals surface area contributed by atoms with Crippen molar-refractivity contribution in [2.45, 2.75) is 30.7 Å². The van der Waals surface area contributed by atoms with E-state index in [0.717, 1.165) is 16.7 Å². The van der Waals surface area contributed by atoms with Gasteiger partial charge in [0, 0.05) is 17.9 Å². The van der Waals surface area contributed by atoms with Crippen LogP contribution in [0.15, 0.2) is 54.6 Å². The zero-order valence-electron chi connectivity index (χ0n) is 17.9. The zero-order valence-corrected chi connectivity index (χ0v) is 18.7. The topological polar surface area (TPSA) is 159 Å². The third-order valence-corrected chi connectivity index (χ3v) is 5.79. The van der Waals surface area contributed by atoms with Gasteiger partial charge >= 0.3 is 11.9 Å². The van der Waals surface area contributed by atoms with Crippen molar-refractivity contribution in [2.24, 2.45) is 5.73 Å². The number of hydrogen-bond acceptors (Lipinski definition) is 6. The number of hydrogen-bond donors (Lipinski definition) is 5. The first-order valence-electron chi connectivity index (χ1n) is 10.3. The molecule has 0 bridgehead atoms. The second-order valence-corrected chi connectivity index (χ2v) is 8.32. The highest BCUT2D eigenvalue weighted by atomic mass is 32.2. The van der Waals surface area contributed by atoms with Crippen LogP contribution in [-0.4, -0.2) is 58.3 Å². The summed E-state index contributed by atoms with van der Waals surface area (Å²) >= 11 is 1.41. The lowest BCUT2D eigenvalue weighted by Crippen LogP contribution is -2.49. The zero-order chi connectivity index (χ0) is 24.2. The van der Waals surface area contributed by atoms with Crippen molar-refractivity contribution in [2.75, 3.05) is 12.3 Å². The molecule has 33 heavy (non-hydrogen) atoms. The van der Waals surface area contributed by atoms with Crippen LogP contribution in [0.5, 0.6) is 0 Å². The minimum absolute atomic E-state index is 0.0778. The third-order valence-electron chi connectivity index (χ3n) is 4.68. The summed E-state index contributed by atoms with van der Waals surface area (Å²) in [4.78, 5) is 46.0. The molecule has 10 heteroatoms. The smallest absolute Gasteiger partial charge is 0.322 e. The van der Waals surface area contributed by atoms with Crippen LogP contribution in [-0.2, 0) is 24.9 Å². The summed E-state index contributed by atoms with van der Waals surface area (Å²) in [7, 11) is 0. The molecule has 0 spiro atoms. The summed E-state index contributed by atoms with van der Waals surface area (Å²) in [6.07, 6.45) is -0.243. The summed E-state index contributed by atoms with van der Waals surface area (Å²) in [5, 5.41) is 22.4. The van der Waals surface area contributed by atoms with E-state index in [1.54, 1.807) is 0 Å². The van der Waals surface area contributed by atoms with Gasteiger partial charge in [-0.15, -0.1) is 0 Å². The van der Waals surface area contributed by atoms with Crippen molar-refractivity contribution in [3.8, 4) is 11.1 Å². The first-order chi connectivity index (χ1) is 15.8.